The molecule has 1 aliphatic carbocycles. The first-order chi connectivity index (χ1) is 6.69. The van der Waals surface area contributed by atoms with E-state index in [9.17, 15) is 9.90 Å². The summed E-state index contributed by atoms with van der Waals surface area (Å²) >= 11 is 0. The molecule has 1 aromatic rings. The minimum absolute atomic E-state index is 0.150. The van der Waals surface area contributed by atoms with Gasteiger partial charge in [0.25, 0.3) is 0 Å². The number of ketones is 1. The van der Waals surface area contributed by atoms with E-state index in [1.807, 2.05) is 6.07 Å². The Kier molecular flexibility index (Phi) is 2.04. The van der Waals surface area contributed by atoms with Crippen molar-refractivity contribution in [1.82, 2.24) is 0 Å². The van der Waals surface area contributed by atoms with Gasteiger partial charge in [-0.1, -0.05) is 12.1 Å². The van der Waals surface area contributed by atoms with Crippen molar-refractivity contribution in [2.45, 2.75) is 18.3 Å². The van der Waals surface area contributed by atoms with Crippen LogP contribution >= 0.6 is 0 Å². The van der Waals surface area contributed by atoms with Gasteiger partial charge in [0.1, 0.15) is 12.4 Å². The molecule has 1 aromatic carbocycles. The third-order valence-corrected chi connectivity index (χ3v) is 2.83. The highest BCUT2D eigenvalue weighted by Gasteiger charge is 2.50. The van der Waals surface area contributed by atoms with Crippen LogP contribution in [0.15, 0.2) is 24.3 Å². The molecule has 2 rings (SSSR count). The highest BCUT2D eigenvalue weighted by molar-refractivity contribution is 5.93. The predicted molar refractivity (Wildman–Crippen MR) is 51.1 cm³/mol. The minimum atomic E-state index is -0.506. The molecular formula is C11H12O3. The molecule has 0 unspecified atom stereocenters. The standard InChI is InChI=1S/C11H12O3/c12-7-10(14)11(4-5-11)8-2-1-3-9(13)6-8/h1-3,6,12-13H,4-5,7H2. The van der Waals surface area contributed by atoms with Crippen LogP contribution in [0.1, 0.15) is 18.4 Å². The average molecular weight is 192 g/mol. The zero-order valence-corrected chi connectivity index (χ0v) is 7.73. The van der Waals surface area contributed by atoms with Gasteiger partial charge in [-0.2, -0.15) is 0 Å². The highest BCUT2D eigenvalue weighted by Crippen LogP contribution is 2.49. The maximum absolute atomic E-state index is 11.5. The summed E-state index contributed by atoms with van der Waals surface area (Å²) in [6.45, 7) is -0.421. The number of carbonyl (C=O) groups excluding carboxylic acids is 1. The van der Waals surface area contributed by atoms with Crippen molar-refractivity contribution < 1.29 is 15.0 Å². The quantitative estimate of drug-likeness (QED) is 0.750. The van der Waals surface area contributed by atoms with Crippen molar-refractivity contribution in [1.29, 1.82) is 0 Å². The molecule has 74 valence electrons. The van der Waals surface area contributed by atoms with Gasteiger partial charge in [-0.05, 0) is 30.5 Å². The molecule has 0 bridgehead atoms. The molecule has 2 N–H and O–H groups in total. The van der Waals surface area contributed by atoms with Crippen molar-refractivity contribution in [2.75, 3.05) is 6.61 Å². The number of aliphatic hydroxyl groups excluding tert-OH is 1. The van der Waals surface area contributed by atoms with E-state index in [1.165, 1.54) is 0 Å². The Bertz CT molecular complexity index is 367. The van der Waals surface area contributed by atoms with E-state index in [2.05, 4.69) is 0 Å². The summed E-state index contributed by atoms with van der Waals surface area (Å²) in [5.41, 5.74) is 0.310. The van der Waals surface area contributed by atoms with Crippen LogP contribution in [0.3, 0.4) is 0 Å². The Morgan fingerprint density at radius 3 is 2.64 bits per heavy atom. The van der Waals surface area contributed by atoms with Gasteiger partial charge < -0.3 is 10.2 Å². The molecule has 0 spiro atoms. The summed E-state index contributed by atoms with van der Waals surface area (Å²) in [6, 6.07) is 6.71. The zero-order chi connectivity index (χ0) is 10.2. The summed E-state index contributed by atoms with van der Waals surface area (Å²) in [7, 11) is 0. The molecule has 1 fully saturated rings. The second-order valence-electron chi connectivity index (χ2n) is 3.71. The summed E-state index contributed by atoms with van der Waals surface area (Å²) in [6.07, 6.45) is 1.55. The molecule has 0 atom stereocenters. The fourth-order valence-electron chi connectivity index (χ4n) is 1.81. The molecule has 14 heavy (non-hydrogen) atoms. The molecule has 0 heterocycles. The molecule has 0 saturated heterocycles. The first-order valence-electron chi connectivity index (χ1n) is 4.63. The van der Waals surface area contributed by atoms with Gasteiger partial charge >= 0.3 is 0 Å². The van der Waals surface area contributed by atoms with Crippen molar-refractivity contribution >= 4 is 5.78 Å². The van der Waals surface area contributed by atoms with Crippen LogP contribution in [0.25, 0.3) is 0 Å². The highest BCUT2D eigenvalue weighted by atomic mass is 16.3. The lowest BCUT2D eigenvalue weighted by Crippen LogP contribution is -2.23. The third-order valence-electron chi connectivity index (χ3n) is 2.83. The van der Waals surface area contributed by atoms with Crippen molar-refractivity contribution in [2.24, 2.45) is 0 Å². The predicted octanol–water partition coefficient (Wildman–Crippen LogP) is 0.985. The third kappa shape index (κ3) is 1.30. The van der Waals surface area contributed by atoms with E-state index in [0.717, 1.165) is 18.4 Å². The van der Waals surface area contributed by atoms with Crippen LogP contribution in [-0.2, 0) is 10.2 Å². The normalized spacial score (nSPS) is 17.8. The van der Waals surface area contributed by atoms with E-state index in [-0.39, 0.29) is 11.5 Å². The summed E-state index contributed by atoms with van der Waals surface area (Å²) in [5, 5.41) is 18.1. The zero-order valence-electron chi connectivity index (χ0n) is 7.73. The number of rotatable bonds is 3. The smallest absolute Gasteiger partial charge is 0.168 e. The largest absolute Gasteiger partial charge is 0.508 e. The molecule has 0 amide bonds. The lowest BCUT2D eigenvalue weighted by atomic mass is 9.91. The monoisotopic (exact) mass is 192 g/mol. The van der Waals surface area contributed by atoms with Gasteiger partial charge in [0, 0.05) is 0 Å². The number of aromatic hydroxyl groups is 1. The van der Waals surface area contributed by atoms with E-state index >= 15 is 0 Å². The van der Waals surface area contributed by atoms with Gasteiger partial charge in [0.2, 0.25) is 0 Å². The Morgan fingerprint density at radius 2 is 2.14 bits per heavy atom. The van der Waals surface area contributed by atoms with Crippen LogP contribution in [0.5, 0.6) is 5.75 Å². The number of hydrogen-bond donors (Lipinski definition) is 2. The van der Waals surface area contributed by atoms with Crippen LogP contribution in [0.2, 0.25) is 0 Å². The molecule has 1 saturated carbocycles. The molecule has 3 heteroatoms. The van der Waals surface area contributed by atoms with E-state index in [0.29, 0.717) is 0 Å². The van der Waals surface area contributed by atoms with Crippen LogP contribution < -0.4 is 0 Å². The Hall–Kier alpha value is -1.35. The maximum atomic E-state index is 11.5. The van der Waals surface area contributed by atoms with Crippen molar-refractivity contribution in [3.63, 3.8) is 0 Å². The van der Waals surface area contributed by atoms with Crippen molar-refractivity contribution in [3.05, 3.63) is 29.8 Å². The van der Waals surface area contributed by atoms with Crippen LogP contribution in [-0.4, -0.2) is 22.6 Å². The Labute approximate surface area is 82.0 Å². The SMILES string of the molecule is O=C(CO)C1(c2cccc(O)c2)CC1. The molecular weight excluding hydrogens is 180 g/mol. The number of phenols is 1. The summed E-state index contributed by atoms with van der Waals surface area (Å²) in [5.74, 6) is 0.0163. The van der Waals surface area contributed by atoms with E-state index in [4.69, 9.17) is 5.11 Å². The topological polar surface area (TPSA) is 57.5 Å². The summed E-state index contributed by atoms with van der Waals surface area (Å²) < 4.78 is 0. The van der Waals surface area contributed by atoms with Gasteiger partial charge in [-0.25, -0.2) is 0 Å². The molecule has 0 radical (unpaired) electrons. The van der Waals surface area contributed by atoms with E-state index in [1.54, 1.807) is 18.2 Å². The fraction of sp³-hybridized carbons (Fsp3) is 0.364. The maximum Gasteiger partial charge on any atom is 0.168 e. The lowest BCUT2D eigenvalue weighted by molar-refractivity contribution is -0.124. The molecule has 1 aliphatic rings. The average Bonchev–Trinajstić information content (AvgIpc) is 2.97. The first kappa shape index (κ1) is 9.21. The van der Waals surface area contributed by atoms with E-state index < -0.39 is 12.0 Å². The molecule has 0 aromatic heterocycles. The van der Waals surface area contributed by atoms with Gasteiger partial charge in [-0.3, -0.25) is 4.79 Å². The van der Waals surface area contributed by atoms with Gasteiger partial charge in [0.05, 0.1) is 5.41 Å². The molecule has 3 nitrogen and oxygen atoms in total. The number of phenolic OH excluding ortho intramolecular Hbond substituents is 1. The lowest BCUT2D eigenvalue weighted by Gasteiger charge is -2.12. The number of hydrogen-bond acceptors (Lipinski definition) is 3. The number of carbonyl (C=O) groups is 1. The molecule has 0 aliphatic heterocycles. The first-order valence-corrected chi connectivity index (χ1v) is 4.63. The number of benzene rings is 1. The number of aliphatic hydroxyl groups is 1. The van der Waals surface area contributed by atoms with Crippen LogP contribution in [0, 0.1) is 0 Å². The second-order valence-corrected chi connectivity index (χ2v) is 3.71. The summed E-state index contributed by atoms with van der Waals surface area (Å²) in [4.78, 5) is 11.5. The van der Waals surface area contributed by atoms with Crippen LogP contribution in [0.4, 0.5) is 0 Å². The van der Waals surface area contributed by atoms with Gasteiger partial charge in [-0.15, -0.1) is 0 Å². The minimum Gasteiger partial charge on any atom is -0.508 e. The van der Waals surface area contributed by atoms with Gasteiger partial charge in [0.15, 0.2) is 5.78 Å². The fourth-order valence-corrected chi connectivity index (χ4v) is 1.81. The Morgan fingerprint density at radius 1 is 1.43 bits per heavy atom. The second kappa shape index (κ2) is 3.10. The van der Waals surface area contributed by atoms with Crippen molar-refractivity contribution in [3.8, 4) is 5.75 Å². The Balaban J connectivity index is 2.35. The number of Topliss-reactive ketones (excluding diaryl/α,β-unsaturated/α-hetero) is 1.